The van der Waals surface area contributed by atoms with Crippen LogP contribution in [0.5, 0.6) is 0 Å². The second-order valence-electron chi connectivity index (χ2n) is 2.49. The highest BCUT2D eigenvalue weighted by Crippen LogP contribution is 2.04. The zero-order valence-corrected chi connectivity index (χ0v) is 6.74. The zero-order chi connectivity index (χ0) is 11.6. The Bertz CT molecular complexity index is 370. The molecule has 0 aliphatic carbocycles. The molecule has 0 saturated heterocycles. The highest BCUT2D eigenvalue weighted by Gasteiger charge is 2.10. The summed E-state index contributed by atoms with van der Waals surface area (Å²) in [5.74, 6) is -1.28. The van der Waals surface area contributed by atoms with E-state index in [4.69, 9.17) is 9.22 Å². The Labute approximate surface area is 75.0 Å². The number of aryl methyl sites for hydroxylation is 2. The first-order valence-corrected chi connectivity index (χ1v) is 3.69. The van der Waals surface area contributed by atoms with Crippen molar-refractivity contribution in [2.24, 2.45) is 6.98 Å². The van der Waals surface area contributed by atoms with Crippen molar-refractivity contribution in [3.63, 3.8) is 0 Å². The van der Waals surface area contributed by atoms with Gasteiger partial charge in [-0.05, 0) is 12.5 Å². The lowest BCUT2D eigenvalue weighted by Crippen LogP contribution is -2.04. The predicted octanol–water partition coefficient (Wildman–Crippen LogP) is 1.07. The number of carbonyl (C=O) groups is 1. The van der Waals surface area contributed by atoms with E-state index in [-0.39, 0.29) is 5.69 Å². The highest BCUT2D eigenvalue weighted by atomic mass is 16.4. The van der Waals surface area contributed by atoms with Crippen LogP contribution in [0.25, 0.3) is 0 Å². The van der Waals surface area contributed by atoms with Gasteiger partial charge in [-0.25, -0.2) is 4.79 Å². The molecular formula is C8H12N2O2. The largest absolute Gasteiger partial charge is 0.477 e. The SMILES string of the molecule is [2H]C([2H])([2H])n1nc(CCC)cc1C(=O)O. The van der Waals surface area contributed by atoms with Crippen molar-refractivity contribution in [2.45, 2.75) is 19.8 Å². The standard InChI is InChI=1S/C8H12N2O2/c1-3-4-6-5-7(8(11)12)10(2)9-6/h5H,3-4H2,1-2H3,(H,11,12)/i2D3. The summed E-state index contributed by atoms with van der Waals surface area (Å²) in [5, 5.41) is 12.6. The Hall–Kier alpha value is -1.32. The van der Waals surface area contributed by atoms with Crippen LogP contribution in [0.2, 0.25) is 0 Å². The Morgan fingerprint density at radius 2 is 2.67 bits per heavy atom. The van der Waals surface area contributed by atoms with E-state index >= 15 is 0 Å². The maximum Gasteiger partial charge on any atom is 0.354 e. The number of aromatic carboxylic acids is 1. The summed E-state index contributed by atoms with van der Waals surface area (Å²) in [4.78, 5) is 10.8. The number of nitrogens with zero attached hydrogens (tertiary/aromatic N) is 2. The van der Waals surface area contributed by atoms with Crippen molar-refractivity contribution in [2.75, 3.05) is 0 Å². The molecule has 0 atom stereocenters. The number of aromatic nitrogens is 2. The molecular weight excluding hydrogens is 156 g/mol. The topological polar surface area (TPSA) is 55.1 Å². The van der Waals surface area contributed by atoms with Crippen molar-refractivity contribution in [3.05, 3.63) is 17.5 Å². The summed E-state index contributed by atoms with van der Waals surface area (Å²) < 4.78 is 22.0. The van der Waals surface area contributed by atoms with Crippen LogP contribution in [0, 0.1) is 0 Å². The fourth-order valence-corrected chi connectivity index (χ4v) is 0.961. The van der Waals surface area contributed by atoms with E-state index in [1.165, 1.54) is 6.07 Å². The molecule has 0 aromatic carbocycles. The van der Waals surface area contributed by atoms with Gasteiger partial charge in [-0.1, -0.05) is 13.3 Å². The maximum atomic E-state index is 10.8. The average molecular weight is 171 g/mol. The molecule has 0 unspecified atom stereocenters. The summed E-state index contributed by atoms with van der Waals surface area (Å²) in [6.07, 6.45) is 1.36. The van der Waals surface area contributed by atoms with E-state index in [9.17, 15) is 4.79 Å². The number of rotatable bonds is 3. The van der Waals surface area contributed by atoms with Gasteiger partial charge in [0.25, 0.3) is 0 Å². The molecule has 0 amide bonds. The van der Waals surface area contributed by atoms with Gasteiger partial charge in [-0.3, -0.25) is 4.68 Å². The average Bonchev–Trinajstić information content (AvgIpc) is 2.48. The number of hydrogen-bond acceptors (Lipinski definition) is 2. The van der Waals surface area contributed by atoms with Crippen molar-refractivity contribution in [1.82, 2.24) is 9.78 Å². The van der Waals surface area contributed by atoms with Crippen LogP contribution in [-0.2, 0) is 13.4 Å². The minimum absolute atomic E-state index is 0.293. The molecule has 1 aromatic rings. The Morgan fingerprint density at radius 1 is 1.92 bits per heavy atom. The van der Waals surface area contributed by atoms with E-state index in [2.05, 4.69) is 5.10 Å². The quantitative estimate of drug-likeness (QED) is 0.740. The monoisotopic (exact) mass is 171 g/mol. The molecule has 1 N–H and O–H groups in total. The molecule has 0 fully saturated rings. The van der Waals surface area contributed by atoms with Crippen molar-refractivity contribution in [3.8, 4) is 0 Å². The summed E-state index contributed by atoms with van der Waals surface area (Å²) in [5.41, 5.74) is 0.199. The van der Waals surface area contributed by atoms with Gasteiger partial charge in [-0.15, -0.1) is 0 Å². The first-order valence-electron chi connectivity index (χ1n) is 5.19. The fraction of sp³-hybridized carbons (Fsp3) is 0.500. The van der Waals surface area contributed by atoms with Gasteiger partial charge >= 0.3 is 5.97 Å². The second kappa shape index (κ2) is 3.38. The predicted molar refractivity (Wildman–Crippen MR) is 44.2 cm³/mol. The Balaban J connectivity index is 3.18. The summed E-state index contributed by atoms with van der Waals surface area (Å²) in [6, 6.07) is 1.30. The smallest absolute Gasteiger partial charge is 0.354 e. The molecule has 1 rings (SSSR count). The molecule has 4 heteroatoms. The van der Waals surface area contributed by atoms with Gasteiger partial charge in [-0.2, -0.15) is 5.10 Å². The summed E-state index contributed by atoms with van der Waals surface area (Å²) in [6.45, 7) is -0.630. The lowest BCUT2D eigenvalue weighted by molar-refractivity contribution is 0.0685. The third-order valence-electron chi connectivity index (χ3n) is 1.49. The van der Waals surface area contributed by atoms with Gasteiger partial charge in [0.05, 0.1) is 5.69 Å². The third-order valence-corrected chi connectivity index (χ3v) is 1.49. The van der Waals surface area contributed by atoms with E-state index in [0.717, 1.165) is 6.42 Å². The highest BCUT2D eigenvalue weighted by molar-refractivity contribution is 5.85. The van der Waals surface area contributed by atoms with E-state index < -0.39 is 12.9 Å². The molecule has 0 spiro atoms. The molecule has 1 aromatic heterocycles. The van der Waals surface area contributed by atoms with Crippen LogP contribution in [0.15, 0.2) is 6.07 Å². The zero-order valence-electron chi connectivity index (χ0n) is 9.74. The van der Waals surface area contributed by atoms with E-state index in [1.807, 2.05) is 6.92 Å². The fourth-order valence-electron chi connectivity index (χ4n) is 0.961. The van der Waals surface area contributed by atoms with Crippen molar-refractivity contribution < 1.29 is 14.0 Å². The third kappa shape index (κ3) is 1.64. The first-order chi connectivity index (χ1) is 6.86. The molecule has 4 nitrogen and oxygen atoms in total. The molecule has 0 aliphatic rings. The summed E-state index contributed by atoms with van der Waals surface area (Å²) in [7, 11) is 0. The minimum Gasteiger partial charge on any atom is -0.477 e. The normalized spacial score (nSPS) is 14.9. The lowest BCUT2D eigenvalue weighted by atomic mass is 10.2. The minimum atomic E-state index is -2.54. The van der Waals surface area contributed by atoms with Gasteiger partial charge in [0.1, 0.15) is 5.69 Å². The van der Waals surface area contributed by atoms with Gasteiger partial charge < -0.3 is 5.11 Å². The van der Waals surface area contributed by atoms with E-state index in [0.29, 0.717) is 16.8 Å². The van der Waals surface area contributed by atoms with Crippen molar-refractivity contribution in [1.29, 1.82) is 0 Å². The van der Waals surface area contributed by atoms with Gasteiger partial charge in [0.2, 0.25) is 0 Å². The van der Waals surface area contributed by atoms with Crippen LogP contribution in [0.3, 0.4) is 0 Å². The van der Waals surface area contributed by atoms with Crippen LogP contribution in [0.4, 0.5) is 0 Å². The van der Waals surface area contributed by atoms with Crippen molar-refractivity contribution >= 4 is 5.97 Å². The second-order valence-corrected chi connectivity index (χ2v) is 2.49. The number of carboxylic acids is 1. The van der Waals surface area contributed by atoms with Gasteiger partial charge in [0.15, 0.2) is 0 Å². The molecule has 0 bridgehead atoms. The summed E-state index contributed by atoms with van der Waals surface area (Å²) >= 11 is 0. The molecule has 0 radical (unpaired) electrons. The molecule has 1 heterocycles. The van der Waals surface area contributed by atoms with Crippen LogP contribution in [0.1, 0.15) is 33.6 Å². The first kappa shape index (κ1) is 5.35. The molecule has 12 heavy (non-hydrogen) atoms. The van der Waals surface area contributed by atoms with Crippen LogP contribution < -0.4 is 0 Å². The molecule has 0 aliphatic heterocycles. The Morgan fingerprint density at radius 3 is 3.08 bits per heavy atom. The van der Waals surface area contributed by atoms with Crippen LogP contribution >= 0.6 is 0 Å². The Kier molecular flexibility index (Phi) is 1.51. The number of carboxylic acid groups (broad SMARTS) is 1. The lowest BCUT2D eigenvalue weighted by Gasteiger charge is -1.91. The van der Waals surface area contributed by atoms with Crippen LogP contribution in [-0.4, -0.2) is 20.9 Å². The van der Waals surface area contributed by atoms with E-state index in [1.54, 1.807) is 0 Å². The molecule has 66 valence electrons. The molecule has 0 saturated carbocycles. The van der Waals surface area contributed by atoms with Gasteiger partial charge in [0, 0.05) is 11.1 Å². The maximum absolute atomic E-state index is 10.8. The number of hydrogen-bond donors (Lipinski definition) is 1.